The van der Waals surface area contributed by atoms with Crippen LogP contribution in [0.2, 0.25) is 0 Å². The Bertz CT molecular complexity index is 1130. The van der Waals surface area contributed by atoms with Crippen LogP contribution in [0.5, 0.6) is 0 Å². The number of halogens is 2. The predicted octanol–water partition coefficient (Wildman–Crippen LogP) is -0.702. The van der Waals surface area contributed by atoms with Crippen molar-refractivity contribution in [1.29, 1.82) is 0 Å². The molecule has 3 aromatic carbocycles. The van der Waals surface area contributed by atoms with Gasteiger partial charge >= 0.3 is 21.2 Å². The number of aryl methyl sites for hydroxylation is 2. The molecule has 0 bridgehead atoms. The van der Waals surface area contributed by atoms with E-state index in [1.54, 1.807) is 0 Å². The van der Waals surface area contributed by atoms with Crippen molar-refractivity contribution in [2.45, 2.75) is 13.8 Å². The fourth-order valence-electron chi connectivity index (χ4n) is 2.71. The monoisotopic (exact) mass is 564 g/mol. The number of hydrogen-bond acceptors (Lipinski definition) is 3. The van der Waals surface area contributed by atoms with Crippen molar-refractivity contribution < 1.29 is 43.0 Å². The Morgan fingerprint density at radius 1 is 0.929 bits per heavy atom. The lowest BCUT2D eigenvalue weighted by atomic mass is 10.2. The first-order valence-electron chi connectivity index (χ1n) is 8.57. The fraction of sp³-hybridized carbons (Fsp3) is 0.0909. The summed E-state index contributed by atoms with van der Waals surface area (Å²) in [4.78, 5) is 17.0. The molecule has 0 fully saturated rings. The standard InChI is InChI=1S/C22H17IN2OS.BrH/c1-14-4-3-5-18(12-14)23-17-9-7-16(8-10-17)21(26)25-22-24-19-11-6-15(2)13-20(19)27-22;/h3-13H,1-2H3;1H. The lowest BCUT2D eigenvalue weighted by Gasteiger charge is -2.00. The summed E-state index contributed by atoms with van der Waals surface area (Å²) in [6, 6.07) is 22.7. The molecular formula is C22H18BrIN2OS. The maximum Gasteiger partial charge on any atom is 0.357 e. The maximum absolute atomic E-state index is 12.5. The lowest BCUT2D eigenvalue weighted by molar-refractivity contribution is -0.597. The summed E-state index contributed by atoms with van der Waals surface area (Å²) < 4.78 is 3.77. The Labute approximate surface area is 189 Å². The summed E-state index contributed by atoms with van der Waals surface area (Å²) in [5.74, 6) is -0.119. The van der Waals surface area contributed by atoms with Crippen LogP contribution in [-0.4, -0.2) is 10.9 Å². The van der Waals surface area contributed by atoms with Crippen LogP contribution < -0.4 is 43.5 Å². The lowest BCUT2D eigenvalue weighted by Crippen LogP contribution is -3.61. The highest BCUT2D eigenvalue weighted by Gasteiger charge is 2.17. The van der Waals surface area contributed by atoms with Crippen molar-refractivity contribution in [3.8, 4) is 0 Å². The van der Waals surface area contributed by atoms with Crippen molar-refractivity contribution in [2.24, 2.45) is 0 Å². The van der Waals surface area contributed by atoms with E-state index in [1.807, 2.05) is 24.3 Å². The van der Waals surface area contributed by atoms with E-state index < -0.39 is 0 Å². The first kappa shape index (κ1) is 21.0. The molecule has 0 radical (unpaired) electrons. The number of carbonyl (C=O) groups excluding carboxylic acids is 1. The first-order valence-corrected chi connectivity index (χ1v) is 11.5. The molecule has 0 saturated carbocycles. The molecule has 1 heterocycles. The topological polar surface area (TPSA) is 42.0 Å². The Hall–Kier alpha value is -1.77. The van der Waals surface area contributed by atoms with Gasteiger partial charge in [0.2, 0.25) is 0 Å². The average molecular weight is 565 g/mol. The van der Waals surface area contributed by atoms with Gasteiger partial charge in [0.15, 0.2) is 12.3 Å². The number of carbonyl (C=O) groups is 1. The largest absolute Gasteiger partial charge is 1.00 e. The number of fused-ring (bicyclic) bond motifs is 1. The van der Waals surface area contributed by atoms with E-state index in [-0.39, 0.29) is 44.1 Å². The van der Waals surface area contributed by atoms with Crippen molar-refractivity contribution >= 4 is 32.6 Å². The van der Waals surface area contributed by atoms with Crippen LogP contribution in [0.15, 0.2) is 66.7 Å². The number of anilines is 1. The van der Waals surface area contributed by atoms with E-state index >= 15 is 0 Å². The highest BCUT2D eigenvalue weighted by molar-refractivity contribution is 7.22. The van der Waals surface area contributed by atoms with Crippen LogP contribution in [0.3, 0.4) is 0 Å². The molecule has 142 valence electrons. The normalized spacial score (nSPS) is 10.5. The number of nitrogens with one attached hydrogen (secondary N) is 1. The Balaban J connectivity index is 0.00000225. The van der Waals surface area contributed by atoms with Gasteiger partial charge in [-0.3, -0.25) is 10.1 Å². The third-order valence-electron chi connectivity index (χ3n) is 4.07. The molecule has 1 N–H and O–H groups in total. The second-order valence-corrected chi connectivity index (χ2v) is 10.4. The quantitative estimate of drug-likeness (QED) is 0.333. The molecule has 0 atom stereocenters. The number of nitrogens with zero attached hydrogens (tertiary/aromatic N) is 1. The Morgan fingerprint density at radius 3 is 2.43 bits per heavy atom. The van der Waals surface area contributed by atoms with E-state index in [0.717, 1.165) is 10.2 Å². The number of hydrogen-bond donors (Lipinski definition) is 1. The Morgan fingerprint density at radius 2 is 1.68 bits per heavy atom. The zero-order valence-electron chi connectivity index (χ0n) is 15.4. The highest BCUT2D eigenvalue weighted by Crippen LogP contribution is 2.26. The molecule has 0 saturated heterocycles. The van der Waals surface area contributed by atoms with Gasteiger partial charge in [-0.2, -0.15) is 0 Å². The van der Waals surface area contributed by atoms with E-state index in [1.165, 1.54) is 29.6 Å². The molecular weight excluding hydrogens is 547 g/mol. The van der Waals surface area contributed by atoms with E-state index in [2.05, 4.69) is 66.6 Å². The number of amides is 1. The smallest absolute Gasteiger partial charge is 0.357 e. The van der Waals surface area contributed by atoms with Crippen LogP contribution in [0.1, 0.15) is 21.5 Å². The molecule has 4 rings (SSSR count). The molecule has 3 nitrogen and oxygen atoms in total. The summed E-state index contributed by atoms with van der Waals surface area (Å²) in [5.41, 5.74) is 4.05. The van der Waals surface area contributed by atoms with Gasteiger partial charge < -0.3 is 17.0 Å². The number of benzene rings is 3. The van der Waals surface area contributed by atoms with Gasteiger partial charge in [0.25, 0.3) is 5.91 Å². The predicted molar refractivity (Wildman–Crippen MR) is 107 cm³/mol. The molecule has 0 aliphatic rings. The second kappa shape index (κ2) is 9.15. The number of rotatable bonds is 4. The second-order valence-electron chi connectivity index (χ2n) is 6.34. The van der Waals surface area contributed by atoms with Gasteiger partial charge in [0.05, 0.1) is 10.2 Å². The van der Waals surface area contributed by atoms with Gasteiger partial charge in [0, 0.05) is 5.56 Å². The van der Waals surface area contributed by atoms with Crippen molar-refractivity contribution in [2.75, 3.05) is 5.32 Å². The maximum atomic E-state index is 12.5. The van der Waals surface area contributed by atoms with Crippen LogP contribution >= 0.6 is 11.3 Å². The van der Waals surface area contributed by atoms with Crippen molar-refractivity contribution in [3.63, 3.8) is 0 Å². The van der Waals surface area contributed by atoms with Crippen molar-refractivity contribution in [3.05, 3.63) is 90.6 Å². The number of thiazole rings is 1. The van der Waals surface area contributed by atoms with E-state index in [9.17, 15) is 4.79 Å². The fourth-order valence-corrected chi connectivity index (χ4v) is 6.14. The van der Waals surface area contributed by atoms with Gasteiger partial charge in [-0.15, -0.1) is 0 Å². The zero-order valence-corrected chi connectivity index (χ0v) is 19.9. The van der Waals surface area contributed by atoms with Crippen molar-refractivity contribution in [1.82, 2.24) is 4.98 Å². The highest BCUT2D eigenvalue weighted by atomic mass is 127. The van der Waals surface area contributed by atoms with Crippen LogP contribution in [0, 0.1) is 21.0 Å². The van der Waals surface area contributed by atoms with Gasteiger partial charge in [-0.25, -0.2) is 4.98 Å². The minimum absolute atomic E-state index is 0. The van der Waals surface area contributed by atoms with Crippen LogP contribution in [0.25, 0.3) is 10.2 Å². The summed E-state index contributed by atoms with van der Waals surface area (Å²) in [5, 5.41) is 3.56. The third kappa shape index (κ3) is 4.98. The molecule has 0 unspecified atom stereocenters. The summed E-state index contributed by atoms with van der Waals surface area (Å²) in [7, 11) is 0. The Kier molecular flexibility index (Phi) is 6.85. The SMILES string of the molecule is Cc1cccc([I+]c2ccc(C(=O)Nc3nc4ccc(C)cc4s3)cc2)c1.[Br-]. The molecule has 6 heteroatoms. The summed E-state index contributed by atoms with van der Waals surface area (Å²) >= 11 is 1.27. The first-order chi connectivity index (χ1) is 13.1. The summed E-state index contributed by atoms with van der Waals surface area (Å²) in [6.07, 6.45) is 0. The van der Waals surface area contributed by atoms with Gasteiger partial charge in [-0.05, 0) is 73.5 Å². The van der Waals surface area contributed by atoms with Gasteiger partial charge in [-0.1, -0.05) is 29.5 Å². The number of aromatic nitrogens is 1. The van der Waals surface area contributed by atoms with Crippen LogP contribution in [0.4, 0.5) is 5.13 Å². The van der Waals surface area contributed by atoms with E-state index in [0.29, 0.717) is 10.7 Å². The molecule has 1 aromatic heterocycles. The van der Waals surface area contributed by atoms with Gasteiger partial charge in [0.1, 0.15) is 0 Å². The van der Waals surface area contributed by atoms with E-state index in [4.69, 9.17) is 0 Å². The summed E-state index contributed by atoms with van der Waals surface area (Å²) in [6.45, 7) is 4.17. The minimum atomic E-state index is -0.229. The third-order valence-corrected chi connectivity index (χ3v) is 7.64. The average Bonchev–Trinajstić information content (AvgIpc) is 3.03. The molecule has 0 aliphatic carbocycles. The molecule has 1 amide bonds. The molecule has 0 spiro atoms. The minimum Gasteiger partial charge on any atom is -1.00 e. The molecule has 0 aliphatic heterocycles. The van der Waals surface area contributed by atoms with Crippen LogP contribution in [-0.2, 0) is 0 Å². The molecule has 28 heavy (non-hydrogen) atoms. The zero-order chi connectivity index (χ0) is 18.8. The molecule has 4 aromatic rings.